The molecule has 0 aromatic heterocycles. The zero-order valence-electron chi connectivity index (χ0n) is 7.83. The smallest absolute Gasteiger partial charge is 0.160 e. The molecule has 0 N–H and O–H groups in total. The van der Waals surface area contributed by atoms with Crippen molar-refractivity contribution in [2.75, 3.05) is 7.11 Å². The summed E-state index contributed by atoms with van der Waals surface area (Å²) in [5, 5.41) is 0. The average Bonchev–Trinajstić information content (AvgIpc) is 2.17. The summed E-state index contributed by atoms with van der Waals surface area (Å²) >= 11 is 1.99. The number of methoxy groups -OCH3 is 1. The van der Waals surface area contributed by atoms with Gasteiger partial charge in [0.25, 0.3) is 0 Å². The van der Waals surface area contributed by atoms with Crippen molar-refractivity contribution in [1.82, 2.24) is 0 Å². The number of hydrogen-bond donors (Lipinski definition) is 0. The number of ketones is 1. The van der Waals surface area contributed by atoms with Gasteiger partial charge in [-0.05, 0) is 41.6 Å². The molecule has 0 aliphatic heterocycles. The highest BCUT2D eigenvalue weighted by Crippen LogP contribution is 2.26. The van der Waals surface area contributed by atoms with Gasteiger partial charge < -0.3 is 4.74 Å². The molecule has 0 aliphatic carbocycles. The van der Waals surface area contributed by atoms with Gasteiger partial charge in [0.1, 0.15) is 5.75 Å². The van der Waals surface area contributed by atoms with E-state index < -0.39 is 0 Å². The zero-order chi connectivity index (χ0) is 10.7. The van der Waals surface area contributed by atoms with Gasteiger partial charge in [0.15, 0.2) is 12.1 Å². The fourth-order valence-electron chi connectivity index (χ4n) is 1.15. The van der Waals surface area contributed by atoms with Crippen LogP contribution in [0.2, 0.25) is 0 Å². The Morgan fingerprint density at radius 1 is 1.50 bits per heavy atom. The first-order valence-corrected chi connectivity index (χ1v) is 5.02. The van der Waals surface area contributed by atoms with Crippen LogP contribution in [0.5, 0.6) is 5.75 Å². The van der Waals surface area contributed by atoms with Crippen LogP contribution in [-0.4, -0.2) is 19.2 Å². The monoisotopic (exact) mass is 304 g/mol. The molecule has 0 heterocycles. The molecule has 0 bridgehead atoms. The van der Waals surface area contributed by atoms with Crippen LogP contribution in [0.3, 0.4) is 0 Å². The van der Waals surface area contributed by atoms with E-state index in [1.54, 1.807) is 12.1 Å². The maximum atomic E-state index is 11.2. The molecule has 0 aliphatic rings. The van der Waals surface area contributed by atoms with E-state index in [2.05, 4.69) is 0 Å². The van der Waals surface area contributed by atoms with Gasteiger partial charge in [-0.1, -0.05) is 0 Å². The summed E-state index contributed by atoms with van der Waals surface area (Å²) < 4.78 is 5.72. The predicted octanol–water partition coefficient (Wildman–Crippen LogP) is 2.31. The Hall–Kier alpha value is -0.910. The molecule has 0 radical (unpaired) electrons. The summed E-state index contributed by atoms with van der Waals surface area (Å²) in [4.78, 5) is 22.0. The Morgan fingerprint density at radius 3 is 2.57 bits per heavy atom. The molecule has 1 rings (SSSR count). The Bertz CT molecular complexity index is 385. The van der Waals surface area contributed by atoms with E-state index >= 15 is 0 Å². The van der Waals surface area contributed by atoms with Crippen LogP contribution in [0.4, 0.5) is 0 Å². The van der Waals surface area contributed by atoms with Crippen molar-refractivity contribution in [2.45, 2.75) is 6.92 Å². The molecular formula is C10H9IO3. The first-order chi connectivity index (χ1) is 6.61. The number of carbonyl (C=O) groups excluding carboxylic acids is 2. The lowest BCUT2D eigenvalue weighted by molar-refractivity contribution is 0.100. The fourth-order valence-corrected chi connectivity index (χ4v) is 1.97. The quantitative estimate of drug-likeness (QED) is 0.489. The third kappa shape index (κ3) is 1.95. The third-order valence-corrected chi connectivity index (χ3v) is 2.97. The van der Waals surface area contributed by atoms with Crippen molar-refractivity contribution in [1.29, 1.82) is 0 Å². The first-order valence-electron chi connectivity index (χ1n) is 3.94. The highest BCUT2D eigenvalue weighted by Gasteiger charge is 2.13. The Morgan fingerprint density at radius 2 is 2.14 bits per heavy atom. The summed E-state index contributed by atoms with van der Waals surface area (Å²) in [6, 6.07) is 3.29. The SMILES string of the molecule is COc1ccc(C(C)=O)c(C=O)c1I. The van der Waals surface area contributed by atoms with E-state index in [4.69, 9.17) is 4.74 Å². The summed E-state index contributed by atoms with van der Waals surface area (Å²) in [5.41, 5.74) is 0.836. The van der Waals surface area contributed by atoms with Gasteiger partial charge >= 0.3 is 0 Å². The van der Waals surface area contributed by atoms with Crippen LogP contribution in [0, 0.1) is 3.57 Å². The van der Waals surface area contributed by atoms with Gasteiger partial charge in [-0.2, -0.15) is 0 Å². The molecule has 1 aromatic rings. The minimum absolute atomic E-state index is 0.118. The van der Waals surface area contributed by atoms with Crippen molar-refractivity contribution < 1.29 is 14.3 Å². The lowest BCUT2D eigenvalue weighted by Gasteiger charge is -2.07. The molecule has 4 heteroatoms. The van der Waals surface area contributed by atoms with Crippen molar-refractivity contribution in [3.8, 4) is 5.75 Å². The van der Waals surface area contributed by atoms with Gasteiger partial charge in [-0.25, -0.2) is 0 Å². The lowest BCUT2D eigenvalue weighted by Crippen LogP contribution is -2.02. The van der Waals surface area contributed by atoms with Crippen LogP contribution >= 0.6 is 22.6 Å². The largest absolute Gasteiger partial charge is 0.496 e. The minimum Gasteiger partial charge on any atom is -0.496 e. The minimum atomic E-state index is -0.118. The second kappa shape index (κ2) is 4.54. The van der Waals surface area contributed by atoms with E-state index in [1.807, 2.05) is 22.6 Å². The summed E-state index contributed by atoms with van der Waals surface area (Å²) in [5.74, 6) is 0.491. The topological polar surface area (TPSA) is 43.4 Å². The van der Waals surface area contributed by atoms with Crippen molar-refractivity contribution in [3.63, 3.8) is 0 Å². The number of aldehydes is 1. The lowest BCUT2D eigenvalue weighted by atomic mass is 10.1. The highest BCUT2D eigenvalue weighted by molar-refractivity contribution is 14.1. The maximum Gasteiger partial charge on any atom is 0.160 e. The van der Waals surface area contributed by atoms with Gasteiger partial charge in [-0.3, -0.25) is 9.59 Å². The molecule has 0 unspecified atom stereocenters. The van der Waals surface area contributed by atoms with Crippen LogP contribution in [0.15, 0.2) is 12.1 Å². The normalized spacial score (nSPS) is 9.64. The first kappa shape index (κ1) is 11.2. The van der Waals surface area contributed by atoms with Gasteiger partial charge in [-0.15, -0.1) is 0 Å². The standard InChI is InChI=1S/C10H9IO3/c1-6(13)7-3-4-9(14-2)10(11)8(7)5-12/h3-5H,1-2H3. The fraction of sp³-hybridized carbons (Fsp3) is 0.200. The number of carbonyl (C=O) groups is 2. The molecule has 1 aromatic carbocycles. The summed E-state index contributed by atoms with van der Waals surface area (Å²) in [6.45, 7) is 1.44. The molecule has 0 spiro atoms. The van der Waals surface area contributed by atoms with Crippen LogP contribution in [0.1, 0.15) is 27.6 Å². The van der Waals surface area contributed by atoms with Crippen molar-refractivity contribution in [2.24, 2.45) is 0 Å². The number of Topliss-reactive ketones (excluding diaryl/α,β-unsaturated/α-hetero) is 1. The Labute approximate surface area is 95.6 Å². The maximum absolute atomic E-state index is 11.2. The van der Waals surface area contributed by atoms with Gasteiger partial charge in [0.05, 0.1) is 10.7 Å². The highest BCUT2D eigenvalue weighted by atomic mass is 127. The molecule has 74 valence electrons. The second-order valence-electron chi connectivity index (χ2n) is 2.72. The number of rotatable bonds is 3. The molecule has 0 saturated carbocycles. The molecule has 0 atom stereocenters. The predicted molar refractivity (Wildman–Crippen MR) is 61.1 cm³/mol. The molecular weight excluding hydrogens is 295 g/mol. The average molecular weight is 304 g/mol. The molecule has 14 heavy (non-hydrogen) atoms. The zero-order valence-corrected chi connectivity index (χ0v) is 9.99. The van der Waals surface area contributed by atoms with Crippen molar-refractivity contribution >= 4 is 34.7 Å². The summed E-state index contributed by atoms with van der Waals surface area (Å²) in [7, 11) is 1.53. The number of halogens is 1. The van der Waals surface area contributed by atoms with Crippen LogP contribution < -0.4 is 4.74 Å². The Kier molecular flexibility index (Phi) is 3.62. The number of hydrogen-bond acceptors (Lipinski definition) is 3. The van der Waals surface area contributed by atoms with E-state index in [-0.39, 0.29) is 5.78 Å². The van der Waals surface area contributed by atoms with E-state index in [0.29, 0.717) is 26.7 Å². The number of ether oxygens (including phenoxy) is 1. The summed E-state index contributed by atoms with van der Waals surface area (Å²) in [6.07, 6.45) is 0.682. The van der Waals surface area contributed by atoms with Crippen molar-refractivity contribution in [3.05, 3.63) is 26.8 Å². The number of benzene rings is 1. The van der Waals surface area contributed by atoms with E-state index in [9.17, 15) is 9.59 Å². The van der Waals surface area contributed by atoms with E-state index in [0.717, 1.165) is 0 Å². The van der Waals surface area contributed by atoms with Gasteiger partial charge in [0, 0.05) is 11.1 Å². The van der Waals surface area contributed by atoms with Gasteiger partial charge in [0.2, 0.25) is 0 Å². The van der Waals surface area contributed by atoms with Crippen LogP contribution in [0.25, 0.3) is 0 Å². The molecule has 3 nitrogen and oxygen atoms in total. The molecule has 0 saturated heterocycles. The second-order valence-corrected chi connectivity index (χ2v) is 3.80. The third-order valence-electron chi connectivity index (χ3n) is 1.86. The van der Waals surface area contributed by atoms with E-state index in [1.165, 1.54) is 14.0 Å². The van der Waals surface area contributed by atoms with Crippen LogP contribution in [-0.2, 0) is 0 Å². The molecule has 0 fully saturated rings. The molecule has 0 amide bonds. The Balaban J connectivity index is 3.43.